The van der Waals surface area contributed by atoms with Crippen molar-refractivity contribution in [1.82, 2.24) is 24.8 Å². The third-order valence-corrected chi connectivity index (χ3v) is 7.93. The van der Waals surface area contributed by atoms with Crippen molar-refractivity contribution in [1.29, 1.82) is 0 Å². The van der Waals surface area contributed by atoms with Crippen LogP contribution in [0.3, 0.4) is 0 Å². The van der Waals surface area contributed by atoms with Crippen molar-refractivity contribution < 1.29 is 14.3 Å². The molecule has 0 bridgehead atoms. The Labute approximate surface area is 245 Å². The molecule has 1 aromatic carbocycles. The van der Waals surface area contributed by atoms with Gasteiger partial charge in [-0.1, -0.05) is 0 Å². The van der Waals surface area contributed by atoms with Gasteiger partial charge < -0.3 is 30.3 Å². The van der Waals surface area contributed by atoms with E-state index in [2.05, 4.69) is 37.0 Å². The van der Waals surface area contributed by atoms with E-state index in [9.17, 15) is 4.79 Å². The van der Waals surface area contributed by atoms with Gasteiger partial charge in [-0.15, -0.1) is 0 Å². The number of aromatic nitrogens is 4. The van der Waals surface area contributed by atoms with Gasteiger partial charge in [0, 0.05) is 87.8 Å². The number of morpholine rings is 2. The highest BCUT2D eigenvalue weighted by molar-refractivity contribution is 6.03. The van der Waals surface area contributed by atoms with Crippen molar-refractivity contribution in [2.24, 2.45) is 0 Å². The van der Waals surface area contributed by atoms with Crippen LogP contribution in [0.5, 0.6) is 0 Å². The summed E-state index contributed by atoms with van der Waals surface area (Å²) in [5.41, 5.74) is 9.92. The number of urea groups is 1. The zero-order valence-electron chi connectivity index (χ0n) is 24.0. The summed E-state index contributed by atoms with van der Waals surface area (Å²) < 4.78 is 11.0. The standard InChI is InChI=1S/C29H38N10O3/c1-36(8-2-9-37-11-15-41-16-12-37)23-5-3-22(4-6-23)33-29(40)39-10-7-24-25(21-19-31-27(30)32-20-21)34-28(35-26(24)39)38-13-17-42-18-14-38/h3-6,19-20H,2,7-18H2,1H3,(H,33,40)(H2,30,31,32). The Hall–Kier alpha value is -4.07. The number of rotatable bonds is 8. The molecule has 6 rings (SSSR count). The molecule has 0 radical (unpaired) electrons. The largest absolute Gasteiger partial charge is 0.379 e. The number of carbonyl (C=O) groups is 1. The number of amides is 2. The van der Waals surface area contributed by atoms with Gasteiger partial charge in [-0.25, -0.2) is 19.7 Å². The Kier molecular flexibility index (Phi) is 8.58. The number of fused-ring (bicyclic) bond motifs is 1. The molecule has 2 amide bonds. The number of hydrogen-bond donors (Lipinski definition) is 2. The molecule has 0 unspecified atom stereocenters. The normalized spacial score (nSPS) is 17.3. The van der Waals surface area contributed by atoms with Gasteiger partial charge in [-0.05, 0) is 37.1 Å². The van der Waals surface area contributed by atoms with Gasteiger partial charge >= 0.3 is 6.03 Å². The molecule has 13 nitrogen and oxygen atoms in total. The van der Waals surface area contributed by atoms with Crippen LogP contribution in [0.1, 0.15) is 12.0 Å². The quantitative estimate of drug-likeness (QED) is 0.409. The first-order valence-corrected chi connectivity index (χ1v) is 14.6. The lowest BCUT2D eigenvalue weighted by Gasteiger charge is -2.28. The summed E-state index contributed by atoms with van der Waals surface area (Å²) >= 11 is 0. The van der Waals surface area contributed by atoms with Gasteiger partial charge in [0.1, 0.15) is 5.82 Å². The second kappa shape index (κ2) is 12.8. The zero-order valence-corrected chi connectivity index (χ0v) is 24.0. The van der Waals surface area contributed by atoms with E-state index in [1.807, 2.05) is 24.3 Å². The van der Waals surface area contributed by atoms with E-state index >= 15 is 0 Å². The van der Waals surface area contributed by atoms with Crippen molar-refractivity contribution in [3.8, 4) is 11.3 Å². The monoisotopic (exact) mass is 574 g/mol. The zero-order chi connectivity index (χ0) is 28.9. The van der Waals surface area contributed by atoms with Gasteiger partial charge in [0.2, 0.25) is 11.9 Å². The van der Waals surface area contributed by atoms with E-state index in [1.54, 1.807) is 17.3 Å². The number of nitrogens with two attached hydrogens (primary N) is 1. The smallest absolute Gasteiger partial charge is 0.327 e. The first kappa shape index (κ1) is 28.1. The molecule has 0 spiro atoms. The van der Waals surface area contributed by atoms with Crippen molar-refractivity contribution in [3.63, 3.8) is 0 Å². The Morgan fingerprint density at radius 2 is 1.67 bits per heavy atom. The summed E-state index contributed by atoms with van der Waals surface area (Å²) in [6, 6.07) is 7.74. The summed E-state index contributed by atoms with van der Waals surface area (Å²) in [7, 11) is 2.10. The molecule has 2 aromatic heterocycles. The highest BCUT2D eigenvalue weighted by Crippen LogP contribution is 2.36. The molecule has 5 heterocycles. The second-order valence-corrected chi connectivity index (χ2v) is 10.7. The molecular formula is C29H38N10O3. The highest BCUT2D eigenvalue weighted by atomic mass is 16.5. The van der Waals surface area contributed by atoms with Gasteiger partial charge in [0.05, 0.1) is 32.1 Å². The highest BCUT2D eigenvalue weighted by Gasteiger charge is 2.32. The summed E-state index contributed by atoms with van der Waals surface area (Å²) in [5.74, 6) is 1.36. The van der Waals surface area contributed by atoms with Crippen LogP contribution in [0, 0.1) is 0 Å². The molecule has 2 fully saturated rings. The number of nitrogens with one attached hydrogen (secondary N) is 1. The van der Waals surface area contributed by atoms with Crippen LogP contribution in [0.4, 0.5) is 33.9 Å². The van der Waals surface area contributed by atoms with E-state index in [1.165, 1.54) is 0 Å². The molecule has 0 saturated carbocycles. The number of hydrogen-bond acceptors (Lipinski definition) is 11. The molecule has 0 atom stereocenters. The number of nitrogen functional groups attached to an aromatic ring is 1. The van der Waals surface area contributed by atoms with Crippen LogP contribution in [0.15, 0.2) is 36.7 Å². The average molecular weight is 575 g/mol. The number of benzene rings is 1. The molecule has 13 heteroatoms. The van der Waals surface area contributed by atoms with Crippen LogP contribution in [0.25, 0.3) is 11.3 Å². The Morgan fingerprint density at radius 3 is 2.38 bits per heavy atom. The van der Waals surface area contributed by atoms with Crippen molar-refractivity contribution >= 4 is 35.1 Å². The van der Waals surface area contributed by atoms with Crippen LogP contribution >= 0.6 is 0 Å². The van der Waals surface area contributed by atoms with E-state index in [4.69, 9.17) is 25.2 Å². The van der Waals surface area contributed by atoms with Gasteiger partial charge in [0.15, 0.2) is 0 Å². The molecule has 3 N–H and O–H groups in total. The van der Waals surface area contributed by atoms with Crippen molar-refractivity contribution in [2.75, 3.05) is 105 Å². The number of ether oxygens (including phenoxy) is 2. The summed E-state index contributed by atoms with van der Waals surface area (Å²) in [4.78, 5) is 40.1. The molecule has 3 aliphatic heterocycles. The molecular weight excluding hydrogens is 536 g/mol. The van der Waals surface area contributed by atoms with Crippen LogP contribution in [0.2, 0.25) is 0 Å². The molecule has 0 aliphatic carbocycles. The number of anilines is 5. The van der Waals surface area contributed by atoms with Gasteiger partial charge in [0.25, 0.3) is 0 Å². The van der Waals surface area contributed by atoms with Crippen LogP contribution in [-0.4, -0.2) is 110 Å². The van der Waals surface area contributed by atoms with E-state index in [-0.39, 0.29) is 12.0 Å². The fourth-order valence-corrected chi connectivity index (χ4v) is 5.52. The Balaban J connectivity index is 1.14. The van der Waals surface area contributed by atoms with Gasteiger partial charge in [-0.3, -0.25) is 9.80 Å². The van der Waals surface area contributed by atoms with Crippen molar-refractivity contribution in [3.05, 3.63) is 42.2 Å². The molecule has 42 heavy (non-hydrogen) atoms. The fourth-order valence-electron chi connectivity index (χ4n) is 5.52. The maximum Gasteiger partial charge on any atom is 0.327 e. The molecule has 2 saturated heterocycles. The number of nitrogens with zero attached hydrogens (tertiary/aromatic N) is 8. The minimum absolute atomic E-state index is 0.198. The van der Waals surface area contributed by atoms with Crippen LogP contribution in [-0.2, 0) is 15.9 Å². The second-order valence-electron chi connectivity index (χ2n) is 10.7. The predicted molar refractivity (Wildman–Crippen MR) is 162 cm³/mol. The average Bonchev–Trinajstić information content (AvgIpc) is 3.47. The molecule has 3 aliphatic rings. The lowest BCUT2D eigenvalue weighted by Crippen LogP contribution is -2.38. The lowest BCUT2D eigenvalue weighted by molar-refractivity contribution is 0.0377. The summed E-state index contributed by atoms with van der Waals surface area (Å²) in [6.45, 7) is 8.76. The minimum atomic E-state index is -0.230. The third kappa shape index (κ3) is 6.37. The SMILES string of the molecule is CN(CCCN1CCOCC1)c1ccc(NC(=O)N2CCc3c(-c4cnc(N)nc4)nc(N4CCOCC4)nc32)cc1. The third-order valence-electron chi connectivity index (χ3n) is 7.93. The van der Waals surface area contributed by atoms with E-state index < -0.39 is 0 Å². The summed E-state index contributed by atoms with van der Waals surface area (Å²) in [6.07, 6.45) is 5.04. The van der Waals surface area contributed by atoms with E-state index in [0.717, 1.165) is 74.0 Å². The van der Waals surface area contributed by atoms with Gasteiger partial charge in [-0.2, -0.15) is 4.98 Å². The van der Waals surface area contributed by atoms with Crippen molar-refractivity contribution in [2.45, 2.75) is 12.8 Å². The Bertz CT molecular complexity index is 1360. The first-order valence-electron chi connectivity index (χ1n) is 14.6. The molecule has 3 aromatic rings. The lowest BCUT2D eigenvalue weighted by atomic mass is 10.1. The molecule has 222 valence electrons. The van der Waals surface area contributed by atoms with E-state index in [0.29, 0.717) is 51.0 Å². The Morgan fingerprint density at radius 1 is 0.976 bits per heavy atom. The maximum absolute atomic E-state index is 13.5. The maximum atomic E-state index is 13.5. The predicted octanol–water partition coefficient (Wildman–Crippen LogP) is 2.11. The number of carbonyl (C=O) groups excluding carboxylic acids is 1. The summed E-state index contributed by atoms with van der Waals surface area (Å²) in [5, 5.41) is 3.06. The minimum Gasteiger partial charge on any atom is -0.379 e. The first-order chi connectivity index (χ1) is 20.5. The topological polar surface area (TPSA) is 138 Å². The van der Waals surface area contributed by atoms with Crippen LogP contribution < -0.4 is 25.8 Å². The fraction of sp³-hybridized carbons (Fsp3) is 0.483.